The molecule has 1 nitrogen and oxygen atoms in total. The first kappa shape index (κ1) is 9.22. The third-order valence-electron chi connectivity index (χ3n) is 2.06. The van der Waals surface area contributed by atoms with Crippen LogP contribution in [0.25, 0.3) is 11.1 Å². The number of aromatic nitrogens is 1. The fraction of sp³-hybridized carbons (Fsp3) is 0.0833. The Labute approximate surface area is 88.4 Å². The Balaban J connectivity index is 2.42. The highest BCUT2D eigenvalue weighted by atomic mass is 35.5. The number of halogens is 1. The van der Waals surface area contributed by atoms with Gasteiger partial charge >= 0.3 is 0 Å². The molecule has 0 fully saturated rings. The predicted molar refractivity (Wildman–Crippen MR) is 59.2 cm³/mol. The first-order chi connectivity index (χ1) is 6.90. The van der Waals surface area contributed by atoms with Crippen LogP contribution in [0.3, 0.4) is 0 Å². The summed E-state index contributed by atoms with van der Waals surface area (Å²) in [5, 5.41) is 0. The predicted octanol–water partition coefficient (Wildman–Crippen LogP) is 3.49. The van der Waals surface area contributed by atoms with Crippen LogP contribution >= 0.6 is 11.6 Å². The van der Waals surface area contributed by atoms with Gasteiger partial charge in [0.2, 0.25) is 0 Å². The molecule has 0 bridgehead atoms. The van der Waals surface area contributed by atoms with Crippen molar-refractivity contribution in [2.24, 2.45) is 0 Å². The summed E-state index contributed by atoms with van der Waals surface area (Å²) in [7, 11) is 0. The molecule has 1 aromatic carbocycles. The fourth-order valence-electron chi connectivity index (χ4n) is 1.35. The van der Waals surface area contributed by atoms with Crippen molar-refractivity contribution in [2.75, 3.05) is 0 Å². The molecular formula is C12H10ClN. The van der Waals surface area contributed by atoms with E-state index >= 15 is 0 Å². The molecule has 2 rings (SSSR count). The molecule has 14 heavy (non-hydrogen) atoms. The summed E-state index contributed by atoms with van der Waals surface area (Å²) in [4.78, 5) is 4.15. The monoisotopic (exact) mass is 203 g/mol. The third kappa shape index (κ3) is 1.94. The molecule has 1 heterocycles. The Bertz CT molecular complexity index is 412. The lowest BCUT2D eigenvalue weighted by atomic mass is 10.1. The number of benzene rings is 1. The van der Waals surface area contributed by atoms with E-state index in [0.29, 0.717) is 5.88 Å². The van der Waals surface area contributed by atoms with E-state index in [0.717, 1.165) is 11.1 Å². The highest BCUT2D eigenvalue weighted by Crippen LogP contribution is 2.19. The molecule has 1 aromatic heterocycles. The summed E-state index contributed by atoms with van der Waals surface area (Å²) in [6.07, 6.45) is 3.64. The zero-order valence-corrected chi connectivity index (χ0v) is 8.41. The van der Waals surface area contributed by atoms with Gasteiger partial charge in [-0.15, -0.1) is 11.6 Å². The lowest BCUT2D eigenvalue weighted by Crippen LogP contribution is -1.83. The van der Waals surface area contributed by atoms with Gasteiger partial charge in [-0.1, -0.05) is 30.3 Å². The maximum atomic E-state index is 5.75. The van der Waals surface area contributed by atoms with Crippen LogP contribution in [0, 0.1) is 0 Å². The quantitative estimate of drug-likeness (QED) is 0.681. The summed E-state index contributed by atoms with van der Waals surface area (Å²) < 4.78 is 0. The first-order valence-corrected chi connectivity index (χ1v) is 4.99. The molecule has 0 atom stereocenters. The molecule has 0 aliphatic carbocycles. The van der Waals surface area contributed by atoms with Gasteiger partial charge in [0, 0.05) is 23.8 Å². The molecule has 0 aliphatic heterocycles. The summed E-state index contributed by atoms with van der Waals surface area (Å²) >= 11 is 5.75. The van der Waals surface area contributed by atoms with Crippen molar-refractivity contribution in [3.05, 3.63) is 54.4 Å². The van der Waals surface area contributed by atoms with Crippen molar-refractivity contribution >= 4 is 11.6 Å². The van der Waals surface area contributed by atoms with Gasteiger partial charge in [0.15, 0.2) is 0 Å². The van der Waals surface area contributed by atoms with Crippen LogP contribution in [0.4, 0.5) is 0 Å². The summed E-state index contributed by atoms with van der Waals surface area (Å²) in [6, 6.07) is 12.2. The molecule has 0 amide bonds. The van der Waals surface area contributed by atoms with E-state index in [9.17, 15) is 0 Å². The number of nitrogens with zero attached hydrogens (tertiary/aromatic N) is 1. The molecule has 2 heteroatoms. The lowest BCUT2D eigenvalue weighted by molar-refractivity contribution is 1.25. The van der Waals surface area contributed by atoms with E-state index in [1.54, 1.807) is 6.20 Å². The molecule has 0 N–H and O–H groups in total. The average Bonchev–Trinajstić information content (AvgIpc) is 2.30. The minimum absolute atomic E-state index is 0.508. The van der Waals surface area contributed by atoms with Crippen LogP contribution in [0.15, 0.2) is 48.8 Å². The first-order valence-electron chi connectivity index (χ1n) is 4.45. The zero-order chi connectivity index (χ0) is 9.80. The van der Waals surface area contributed by atoms with E-state index in [2.05, 4.69) is 23.2 Å². The largest absolute Gasteiger partial charge is 0.264 e. The Morgan fingerprint density at radius 3 is 2.50 bits per heavy atom. The summed E-state index contributed by atoms with van der Waals surface area (Å²) in [5.74, 6) is 0.508. The minimum Gasteiger partial charge on any atom is -0.264 e. The van der Waals surface area contributed by atoms with Crippen LogP contribution in [0.1, 0.15) is 5.56 Å². The van der Waals surface area contributed by atoms with Gasteiger partial charge in [-0.05, 0) is 17.2 Å². The smallest absolute Gasteiger partial charge is 0.0489 e. The summed E-state index contributed by atoms with van der Waals surface area (Å²) in [6.45, 7) is 0. The van der Waals surface area contributed by atoms with E-state index in [1.807, 2.05) is 24.4 Å². The Kier molecular flexibility index (Phi) is 2.80. The van der Waals surface area contributed by atoms with Crippen molar-refractivity contribution in [3.63, 3.8) is 0 Å². The number of alkyl halides is 1. The molecule has 0 aliphatic rings. The normalized spacial score (nSPS) is 10.1. The van der Waals surface area contributed by atoms with E-state index in [1.165, 1.54) is 5.56 Å². The molecule has 0 saturated carbocycles. The van der Waals surface area contributed by atoms with Crippen LogP contribution in [-0.2, 0) is 5.88 Å². The van der Waals surface area contributed by atoms with Crippen molar-refractivity contribution < 1.29 is 0 Å². The van der Waals surface area contributed by atoms with Gasteiger partial charge in [0.05, 0.1) is 0 Å². The second-order valence-corrected chi connectivity index (χ2v) is 3.35. The van der Waals surface area contributed by atoms with Crippen LogP contribution in [0.5, 0.6) is 0 Å². The average molecular weight is 204 g/mol. The highest BCUT2D eigenvalue weighted by molar-refractivity contribution is 6.17. The van der Waals surface area contributed by atoms with Gasteiger partial charge in [-0.2, -0.15) is 0 Å². The number of pyridine rings is 1. The van der Waals surface area contributed by atoms with Gasteiger partial charge < -0.3 is 0 Å². The molecule has 2 aromatic rings. The Morgan fingerprint density at radius 2 is 1.79 bits per heavy atom. The second-order valence-electron chi connectivity index (χ2n) is 3.08. The number of hydrogen-bond donors (Lipinski definition) is 0. The van der Waals surface area contributed by atoms with Crippen LogP contribution in [0.2, 0.25) is 0 Å². The van der Waals surface area contributed by atoms with Gasteiger partial charge in [0.25, 0.3) is 0 Å². The minimum atomic E-state index is 0.508. The van der Waals surface area contributed by atoms with Crippen LogP contribution < -0.4 is 0 Å². The maximum Gasteiger partial charge on any atom is 0.0489 e. The van der Waals surface area contributed by atoms with Crippen molar-refractivity contribution in [1.82, 2.24) is 4.98 Å². The van der Waals surface area contributed by atoms with E-state index < -0.39 is 0 Å². The van der Waals surface area contributed by atoms with Crippen molar-refractivity contribution in [1.29, 1.82) is 0 Å². The topological polar surface area (TPSA) is 12.9 Å². The zero-order valence-electron chi connectivity index (χ0n) is 7.65. The Morgan fingerprint density at radius 1 is 1.00 bits per heavy atom. The van der Waals surface area contributed by atoms with Gasteiger partial charge in [0.1, 0.15) is 0 Å². The molecular weight excluding hydrogens is 194 g/mol. The van der Waals surface area contributed by atoms with Crippen LogP contribution in [-0.4, -0.2) is 4.98 Å². The van der Waals surface area contributed by atoms with Gasteiger partial charge in [-0.25, -0.2) is 0 Å². The molecule has 0 saturated heterocycles. The van der Waals surface area contributed by atoms with Crippen molar-refractivity contribution in [2.45, 2.75) is 5.88 Å². The van der Waals surface area contributed by atoms with Gasteiger partial charge in [-0.3, -0.25) is 4.98 Å². The third-order valence-corrected chi connectivity index (χ3v) is 2.36. The van der Waals surface area contributed by atoms with Crippen molar-refractivity contribution in [3.8, 4) is 11.1 Å². The van der Waals surface area contributed by atoms with E-state index in [-0.39, 0.29) is 0 Å². The number of hydrogen-bond acceptors (Lipinski definition) is 1. The summed E-state index contributed by atoms with van der Waals surface area (Å²) in [5.41, 5.74) is 3.34. The molecule has 0 unspecified atom stereocenters. The maximum absolute atomic E-state index is 5.75. The molecule has 0 spiro atoms. The molecule has 70 valence electrons. The Hall–Kier alpha value is -1.34. The lowest BCUT2D eigenvalue weighted by Gasteiger charge is -2.01. The fourth-order valence-corrected chi connectivity index (χ4v) is 1.50. The standard InChI is InChI=1S/C12H10ClN/c13-7-10-6-12(9-14-8-10)11-4-2-1-3-5-11/h1-6,8-9H,7H2. The highest BCUT2D eigenvalue weighted by Gasteiger charge is 1.97. The second kappa shape index (κ2) is 4.25. The number of rotatable bonds is 2. The SMILES string of the molecule is ClCc1cncc(-c2ccccc2)c1. The van der Waals surface area contributed by atoms with E-state index in [4.69, 9.17) is 11.6 Å². The molecule has 0 radical (unpaired) electrons.